The first-order valence-electron chi connectivity index (χ1n) is 14.4. The number of alkyl carbamates (subject to hydrolysis) is 1. The molecule has 11 heteroatoms. The van der Waals surface area contributed by atoms with Crippen molar-refractivity contribution >= 4 is 29.5 Å². The molecule has 42 heavy (non-hydrogen) atoms. The lowest BCUT2D eigenvalue weighted by atomic mass is 10.0. The van der Waals surface area contributed by atoms with Gasteiger partial charge in [0.2, 0.25) is 11.8 Å². The maximum Gasteiger partial charge on any atom is 0.408 e. The minimum Gasteiger partial charge on any atom is -0.444 e. The zero-order chi connectivity index (χ0) is 32.3. The van der Waals surface area contributed by atoms with E-state index in [1.165, 1.54) is 0 Å². The molecule has 0 spiro atoms. The van der Waals surface area contributed by atoms with Crippen molar-refractivity contribution in [2.45, 2.75) is 124 Å². The first-order chi connectivity index (χ1) is 19.3. The molecular formula is C31H51N5O6. The lowest BCUT2D eigenvalue weighted by molar-refractivity contribution is -0.139. The second-order valence-electron chi connectivity index (χ2n) is 13.0. The summed E-state index contributed by atoms with van der Waals surface area (Å²) in [5.41, 5.74) is 2.56. The molecule has 0 heterocycles. The number of hydrogen-bond acceptors (Lipinski definition) is 7. The molecule has 0 saturated carbocycles. The van der Waals surface area contributed by atoms with Crippen LogP contribution in [0.3, 0.4) is 0 Å². The summed E-state index contributed by atoms with van der Waals surface area (Å²) in [5, 5.41) is 12.2. The molecule has 4 N–H and O–H groups in total. The van der Waals surface area contributed by atoms with Crippen molar-refractivity contribution in [2.75, 3.05) is 0 Å². The lowest BCUT2D eigenvalue weighted by Gasteiger charge is -2.32. The third kappa shape index (κ3) is 15.0. The van der Waals surface area contributed by atoms with Gasteiger partial charge in [0, 0.05) is 12.1 Å². The van der Waals surface area contributed by atoms with Crippen molar-refractivity contribution in [3.8, 4) is 0 Å². The summed E-state index contributed by atoms with van der Waals surface area (Å²) < 4.78 is 11.4. The highest BCUT2D eigenvalue weighted by Crippen LogP contribution is 2.15. The van der Waals surface area contributed by atoms with Crippen LogP contribution >= 0.6 is 0 Å². The number of nitrogens with zero attached hydrogens (tertiary/aromatic N) is 1. The number of benzene rings is 1. The quantitative estimate of drug-likeness (QED) is 0.203. The van der Waals surface area contributed by atoms with Crippen LogP contribution in [0.15, 0.2) is 35.4 Å². The summed E-state index contributed by atoms with van der Waals surface area (Å²) in [4.78, 5) is 52.9. The summed E-state index contributed by atoms with van der Waals surface area (Å²) in [6, 6.07) is 6.11. The number of hydrogen-bond donors (Lipinski definition) is 4. The SMILES string of the molecule is CC(C)=NNC(=O)[C@@H](NC(=O)[C@H](CC(C)C)NC(=O)[C@H](Cc1ccccc1)NC(=O)OC(C)(C)C)[C@@H](C)OC(C)(C)C. The van der Waals surface area contributed by atoms with Crippen LogP contribution in [-0.2, 0) is 30.3 Å². The molecule has 0 aromatic heterocycles. The number of hydrazone groups is 1. The molecule has 11 nitrogen and oxygen atoms in total. The van der Waals surface area contributed by atoms with E-state index in [9.17, 15) is 19.2 Å². The second kappa shape index (κ2) is 16.2. The third-order valence-electron chi connectivity index (χ3n) is 5.61. The average Bonchev–Trinajstić information content (AvgIpc) is 2.82. The van der Waals surface area contributed by atoms with Gasteiger partial charge in [0.05, 0.1) is 11.7 Å². The molecule has 1 aromatic rings. The monoisotopic (exact) mass is 589 g/mol. The smallest absolute Gasteiger partial charge is 0.408 e. The first-order valence-corrected chi connectivity index (χ1v) is 14.4. The Morgan fingerprint density at radius 2 is 1.36 bits per heavy atom. The summed E-state index contributed by atoms with van der Waals surface area (Å²) in [5.74, 6) is -1.65. The first kappa shape index (κ1) is 36.6. The Hall–Kier alpha value is -3.47. The molecule has 236 valence electrons. The van der Waals surface area contributed by atoms with E-state index in [0.29, 0.717) is 5.71 Å². The molecule has 0 bridgehead atoms. The van der Waals surface area contributed by atoms with E-state index in [0.717, 1.165) is 5.56 Å². The maximum atomic E-state index is 13.6. The molecule has 4 atom stereocenters. The molecule has 0 aliphatic carbocycles. The van der Waals surface area contributed by atoms with E-state index in [4.69, 9.17) is 9.47 Å². The predicted octanol–water partition coefficient (Wildman–Crippen LogP) is 3.85. The van der Waals surface area contributed by atoms with Gasteiger partial charge < -0.3 is 25.4 Å². The largest absolute Gasteiger partial charge is 0.444 e. The number of amides is 4. The summed E-state index contributed by atoms with van der Waals surface area (Å²) in [6.45, 7) is 19.7. The van der Waals surface area contributed by atoms with Crippen LogP contribution in [0.25, 0.3) is 0 Å². The number of carbonyl (C=O) groups is 4. The standard InChI is InChI=1S/C31H51N5O6/c1-19(2)17-23(27(38)34-25(21(5)41-30(6,7)8)28(39)36-35-20(3)4)32-26(37)24(18-22-15-13-12-14-16-22)33-29(40)42-31(9,10)11/h12-16,19,21,23-25H,17-18H2,1-11H3,(H,32,37)(H,33,40)(H,34,38)(H,36,39)/t21-,23+,24+,25+/m1/s1. The number of rotatable bonds is 13. The normalized spacial score (nSPS) is 14.6. The topological polar surface area (TPSA) is 147 Å². The van der Waals surface area contributed by atoms with E-state index in [-0.39, 0.29) is 18.8 Å². The Balaban J connectivity index is 3.26. The lowest BCUT2D eigenvalue weighted by Crippen LogP contribution is -2.60. The highest BCUT2D eigenvalue weighted by atomic mass is 16.6. The summed E-state index contributed by atoms with van der Waals surface area (Å²) in [6.07, 6.45) is -0.994. The number of ether oxygens (including phenoxy) is 2. The van der Waals surface area contributed by atoms with Crippen LogP contribution in [0.4, 0.5) is 4.79 Å². The molecule has 0 unspecified atom stereocenters. The minimum absolute atomic E-state index is 0.0234. The molecule has 1 aromatic carbocycles. The van der Waals surface area contributed by atoms with Gasteiger partial charge in [-0.1, -0.05) is 44.2 Å². The van der Waals surface area contributed by atoms with Crippen LogP contribution in [0.1, 0.15) is 88.1 Å². The maximum absolute atomic E-state index is 13.6. The van der Waals surface area contributed by atoms with Crippen molar-refractivity contribution in [1.29, 1.82) is 0 Å². The van der Waals surface area contributed by atoms with Crippen LogP contribution in [0.5, 0.6) is 0 Å². The van der Waals surface area contributed by atoms with E-state index in [2.05, 4.69) is 26.5 Å². The molecule has 4 amide bonds. The van der Waals surface area contributed by atoms with Gasteiger partial charge in [0.15, 0.2) is 0 Å². The van der Waals surface area contributed by atoms with Crippen molar-refractivity contribution in [3.63, 3.8) is 0 Å². The fourth-order valence-electron chi connectivity index (χ4n) is 4.00. The van der Waals surface area contributed by atoms with Gasteiger partial charge in [0.1, 0.15) is 23.7 Å². The van der Waals surface area contributed by atoms with Crippen molar-refractivity contribution < 1.29 is 28.7 Å². The van der Waals surface area contributed by atoms with Crippen molar-refractivity contribution in [3.05, 3.63) is 35.9 Å². The van der Waals surface area contributed by atoms with E-state index in [1.807, 2.05) is 65.0 Å². The van der Waals surface area contributed by atoms with Gasteiger partial charge in [-0.25, -0.2) is 10.2 Å². The Morgan fingerprint density at radius 1 is 0.786 bits per heavy atom. The molecule has 0 radical (unpaired) electrons. The van der Waals surface area contributed by atoms with Crippen LogP contribution < -0.4 is 21.4 Å². The van der Waals surface area contributed by atoms with Crippen molar-refractivity contribution in [2.24, 2.45) is 11.0 Å². The van der Waals surface area contributed by atoms with Gasteiger partial charge >= 0.3 is 6.09 Å². The zero-order valence-electron chi connectivity index (χ0n) is 27.1. The highest BCUT2D eigenvalue weighted by molar-refractivity contribution is 5.94. The number of nitrogens with one attached hydrogen (secondary N) is 4. The second-order valence-corrected chi connectivity index (χ2v) is 13.0. The van der Waals surface area contributed by atoms with Gasteiger partial charge in [-0.3, -0.25) is 14.4 Å². The van der Waals surface area contributed by atoms with Gasteiger partial charge in [0.25, 0.3) is 5.91 Å². The van der Waals surface area contributed by atoms with Crippen LogP contribution in [-0.4, -0.2) is 65.0 Å². The Labute approximate surface area is 250 Å². The average molecular weight is 590 g/mol. The summed E-state index contributed by atoms with van der Waals surface area (Å²) >= 11 is 0. The molecule has 0 saturated heterocycles. The Bertz CT molecular complexity index is 1070. The molecule has 0 aliphatic heterocycles. The van der Waals surface area contributed by atoms with Gasteiger partial charge in [-0.2, -0.15) is 5.10 Å². The minimum atomic E-state index is -1.09. The Kier molecular flexibility index (Phi) is 14.1. The molecule has 0 fully saturated rings. The summed E-state index contributed by atoms with van der Waals surface area (Å²) in [7, 11) is 0. The Morgan fingerprint density at radius 3 is 1.86 bits per heavy atom. The fourth-order valence-corrected chi connectivity index (χ4v) is 4.00. The number of carbonyl (C=O) groups excluding carboxylic acids is 4. The zero-order valence-corrected chi connectivity index (χ0v) is 27.1. The fraction of sp³-hybridized carbons (Fsp3) is 0.645. The van der Waals surface area contributed by atoms with Crippen LogP contribution in [0.2, 0.25) is 0 Å². The van der Waals surface area contributed by atoms with Gasteiger partial charge in [-0.15, -0.1) is 0 Å². The highest BCUT2D eigenvalue weighted by Gasteiger charge is 2.34. The molecule has 1 rings (SSSR count). The van der Waals surface area contributed by atoms with E-state index in [1.54, 1.807) is 41.5 Å². The third-order valence-corrected chi connectivity index (χ3v) is 5.61. The van der Waals surface area contributed by atoms with E-state index < -0.39 is 59.2 Å². The van der Waals surface area contributed by atoms with Crippen molar-refractivity contribution in [1.82, 2.24) is 21.4 Å². The van der Waals surface area contributed by atoms with Crippen LogP contribution in [0, 0.1) is 5.92 Å². The van der Waals surface area contributed by atoms with Gasteiger partial charge in [-0.05, 0) is 80.2 Å². The molecule has 0 aliphatic rings. The molecular weight excluding hydrogens is 538 g/mol. The van der Waals surface area contributed by atoms with E-state index >= 15 is 0 Å². The predicted molar refractivity (Wildman–Crippen MR) is 164 cm³/mol.